The standard InChI is InChI=1S/C89H155N6O32P5/c1-67-58-80(127-132(100,101-18)122-56-40-94-17)84(123-67)62-120-131(115-50-31-36-90)121-66-89(64-103-42-34-52-116-129(118-54-38-92-15)113-48-29-23-20-25-44-105-86-74(8)68(2)70(4)81(124-86)59-108-77(11)97,65-104-43-35-53-117-130(119-55-39-93-16)114-49-30-24-21-26-45-106-87-75(9)69(3)71(5)82(125-87)60-109-78(12)98)63-102-41-33-51-112-128(57-32-37-91-14)111-47-28-22-19-27-46-107-88-85(95-76(10)96)73(7)72(6)83(126-88)61-110-79(13)99/h67-75,80-88H,19-35,37-66H2,1-13,18H3,(H,95,96)/t67-,68-,69-,70+,71+,72+,73-,74?,75?,80?,81?,82?,83?,84+,85?,86+,87+,88+,89?,128?,129?,130?,131?,132?/m0/s1. The van der Waals surface area contributed by atoms with Crippen molar-refractivity contribution in [2.45, 2.75) is 267 Å². The normalized spacial score (nSPS) is 26.1. The molecule has 0 saturated carbocycles. The monoisotopic (exact) mass is 1970 g/mol. The van der Waals surface area contributed by atoms with Gasteiger partial charge in [-0.1, -0.05) is 93.9 Å². The summed E-state index contributed by atoms with van der Waals surface area (Å²) in [6.07, 6.45) is 7.83. The van der Waals surface area contributed by atoms with Gasteiger partial charge in [-0.2, -0.15) is 5.26 Å². The first-order valence-electron chi connectivity index (χ1n) is 46.8. The highest BCUT2D eigenvalue weighted by Gasteiger charge is 2.46. The molecule has 1 amide bonds. The molecule has 0 aromatic rings. The summed E-state index contributed by atoms with van der Waals surface area (Å²) in [7, 11) is -10.3. The lowest BCUT2D eigenvalue weighted by Gasteiger charge is -2.44. The molecule has 0 spiro atoms. The van der Waals surface area contributed by atoms with Crippen LogP contribution in [0.1, 0.15) is 206 Å². The molecule has 758 valence electrons. The molecule has 132 heavy (non-hydrogen) atoms. The lowest BCUT2D eigenvalue weighted by atomic mass is 9.79. The number of rotatable bonds is 79. The molecule has 0 aromatic carbocycles. The van der Waals surface area contributed by atoms with Gasteiger partial charge >= 0.3 is 51.5 Å². The maximum atomic E-state index is 13.7. The predicted molar refractivity (Wildman–Crippen MR) is 492 cm³/mol. The Morgan fingerprint density at radius 1 is 0.409 bits per heavy atom. The van der Waals surface area contributed by atoms with Gasteiger partial charge in [0.1, 0.15) is 51.8 Å². The van der Waals surface area contributed by atoms with Gasteiger partial charge in [0.2, 0.25) is 32.1 Å². The van der Waals surface area contributed by atoms with Crippen LogP contribution in [0.4, 0.5) is 0 Å². The van der Waals surface area contributed by atoms with E-state index in [2.05, 4.69) is 72.3 Å². The average molecular weight is 1980 g/mol. The van der Waals surface area contributed by atoms with Gasteiger partial charge in [-0.3, -0.25) is 32.7 Å². The smallest absolute Gasteiger partial charge is 0.463 e. The number of nitrogens with one attached hydrogen (secondary N) is 1. The summed E-state index contributed by atoms with van der Waals surface area (Å²) in [5.74, 6) is -0.00272. The van der Waals surface area contributed by atoms with Crippen molar-refractivity contribution in [2.24, 2.45) is 52.8 Å². The second-order valence-electron chi connectivity index (χ2n) is 33.6. The van der Waals surface area contributed by atoms with Crippen molar-refractivity contribution in [3.8, 4) is 6.07 Å². The Morgan fingerprint density at radius 3 is 1.23 bits per heavy atom. The van der Waals surface area contributed by atoms with Crippen LogP contribution in [0, 0.1) is 90.4 Å². The van der Waals surface area contributed by atoms with Gasteiger partial charge < -0.3 is 136 Å². The van der Waals surface area contributed by atoms with Crippen molar-refractivity contribution < 1.29 is 149 Å². The van der Waals surface area contributed by atoms with Gasteiger partial charge in [-0.15, -0.1) is 0 Å². The van der Waals surface area contributed by atoms with E-state index in [1.807, 2.05) is 20.8 Å². The number of ether oxygens (including phenoxy) is 13. The van der Waals surface area contributed by atoms with Crippen molar-refractivity contribution in [1.82, 2.24) is 5.32 Å². The highest BCUT2D eigenvalue weighted by atomic mass is 31.2. The van der Waals surface area contributed by atoms with Crippen LogP contribution in [0.3, 0.4) is 0 Å². The molecule has 0 aromatic heterocycles. The fourth-order valence-electron chi connectivity index (χ4n) is 14.4. The molecular weight excluding hydrogens is 1820 g/mol. The molecule has 0 bridgehead atoms. The molecule has 0 radical (unpaired) electrons. The summed E-state index contributed by atoms with van der Waals surface area (Å²) in [5.41, 5.74) is -1.12. The number of carbonyl (C=O) groups is 4. The Hall–Kier alpha value is -3.68. The average Bonchev–Trinajstić information content (AvgIpc) is 1.29. The lowest BCUT2D eigenvalue weighted by molar-refractivity contribution is -0.255. The van der Waals surface area contributed by atoms with E-state index in [1.165, 1.54) is 34.8 Å². The molecule has 4 fully saturated rings. The van der Waals surface area contributed by atoms with Crippen molar-refractivity contribution in [1.29, 1.82) is 5.26 Å². The first-order chi connectivity index (χ1) is 63.7. The zero-order valence-corrected chi connectivity index (χ0v) is 85.1. The maximum Gasteiger partial charge on any atom is 0.475 e. The minimum absolute atomic E-state index is 0.000634. The third-order valence-corrected chi connectivity index (χ3v) is 29.5. The van der Waals surface area contributed by atoms with Crippen molar-refractivity contribution >= 4 is 65.8 Å². The van der Waals surface area contributed by atoms with Crippen molar-refractivity contribution in [3.63, 3.8) is 0 Å². The van der Waals surface area contributed by atoms with E-state index in [1.54, 1.807) is 0 Å². The topological polar surface area (TPSA) is 388 Å². The third kappa shape index (κ3) is 52.0. The molecule has 4 saturated heterocycles. The minimum atomic E-state index is -4.15. The SMILES string of the molecule is [C-]#[N+]CCCP(OCCCCCCO[C@@H]1OC(COC(C)=O)[C@H](C)[C@H](C)C1NC(C)=O)OCCCOCC(COCCCOP(OCCCCCCO[C@@H]1OC(COC(C)=O)[C@H](C)[C@H](C)C1C)OCC[N+]#[C-])(COCCCOP(OCCCCCCO[C@@H]1OC(COC(C)=O)[C@H](C)[C@H](C)C1C)OCC[N+]#[C-])COP(OCCC#N)OC[C@H]1O[C@@H](C)CC1OP(=O)(OC)OCC[N+]#[C-]. The number of esters is 3. The summed E-state index contributed by atoms with van der Waals surface area (Å²) >= 11 is 0. The number of unbranched alkanes of at least 4 members (excludes halogenated alkanes) is 9. The number of nitrogens with zero attached hydrogens (tertiary/aromatic N) is 5. The fraction of sp³-hybridized carbons (Fsp3) is 0.899. The highest BCUT2D eigenvalue weighted by molar-refractivity contribution is 7.48. The Labute approximate surface area is 790 Å². The second-order valence-corrected chi connectivity index (χ2v) is 40.6. The molecule has 43 heteroatoms. The molecule has 4 heterocycles. The van der Waals surface area contributed by atoms with E-state index in [-0.39, 0.29) is 223 Å². The maximum absolute atomic E-state index is 13.7. The van der Waals surface area contributed by atoms with Crippen LogP contribution in [0.5, 0.6) is 0 Å². The number of phosphoric acid groups is 1. The van der Waals surface area contributed by atoms with E-state index < -0.39 is 90.6 Å². The number of nitriles is 1. The van der Waals surface area contributed by atoms with Gasteiger partial charge in [0.05, 0.1) is 128 Å². The zero-order valence-electron chi connectivity index (χ0n) is 80.7. The quantitative estimate of drug-likeness (QED) is 0.0194. The van der Waals surface area contributed by atoms with E-state index in [9.17, 15) is 29.0 Å². The van der Waals surface area contributed by atoms with E-state index >= 15 is 0 Å². The van der Waals surface area contributed by atoms with Crippen LogP contribution >= 0.6 is 42.0 Å². The van der Waals surface area contributed by atoms with Crippen molar-refractivity contribution in [3.05, 3.63) is 45.7 Å². The molecule has 1 N–H and O–H groups in total. The van der Waals surface area contributed by atoms with Crippen LogP contribution in [-0.2, 0) is 149 Å². The summed E-state index contributed by atoms with van der Waals surface area (Å²) in [6.45, 7) is 58.0. The molecular formula is C89H155N6O32P5. The van der Waals surface area contributed by atoms with Gasteiger partial charge in [-0.05, 0) is 100 Å². The number of phosphoric ester groups is 1. The van der Waals surface area contributed by atoms with Crippen LogP contribution in [-0.4, -0.2) is 283 Å². The van der Waals surface area contributed by atoms with Gasteiger partial charge in [0.15, 0.2) is 27.2 Å². The van der Waals surface area contributed by atoms with E-state index in [0.29, 0.717) is 96.3 Å². The summed E-state index contributed by atoms with van der Waals surface area (Å²) in [4.78, 5) is 60.8. The van der Waals surface area contributed by atoms with Gasteiger partial charge in [0, 0.05) is 105 Å². The molecule has 4 aliphatic rings. The number of carbonyl (C=O) groups excluding carboxylic acids is 4. The van der Waals surface area contributed by atoms with Crippen LogP contribution in [0.2, 0.25) is 0 Å². The molecule has 12 unspecified atom stereocenters. The largest absolute Gasteiger partial charge is 0.475 e. The molecule has 4 rings (SSSR count). The van der Waals surface area contributed by atoms with E-state index in [4.69, 9.17) is 151 Å². The van der Waals surface area contributed by atoms with Crippen LogP contribution in [0.25, 0.3) is 19.4 Å². The number of amides is 1. The minimum Gasteiger partial charge on any atom is -0.463 e. The first-order valence-corrected chi connectivity index (χ1v) is 52.9. The number of hydrogen-bond acceptors (Lipinski definition) is 33. The van der Waals surface area contributed by atoms with Crippen LogP contribution < -0.4 is 5.32 Å². The zero-order chi connectivity index (χ0) is 96.6. The second kappa shape index (κ2) is 73.4. The highest BCUT2D eigenvalue weighted by Crippen LogP contribution is 2.53. The Morgan fingerprint density at radius 2 is 0.795 bits per heavy atom. The third-order valence-electron chi connectivity index (χ3n) is 23.0. The lowest BCUT2D eigenvalue weighted by Crippen LogP contribution is -2.58. The predicted octanol–water partition coefficient (Wildman–Crippen LogP) is 16.9. The number of hydrogen-bond donors (Lipinski definition) is 1. The fourth-order valence-corrected chi connectivity index (χ4v) is 20.1. The Kier molecular flexibility index (Phi) is 67.1. The Bertz CT molecular complexity index is 3240. The Balaban J connectivity index is 1.51. The van der Waals surface area contributed by atoms with Crippen LogP contribution in [0.15, 0.2) is 0 Å². The molecule has 38 nitrogen and oxygen atoms in total. The van der Waals surface area contributed by atoms with Gasteiger partial charge in [-0.25, -0.2) is 30.9 Å². The summed E-state index contributed by atoms with van der Waals surface area (Å²) < 4.78 is 178. The first kappa shape index (κ1) is 121. The van der Waals surface area contributed by atoms with Crippen molar-refractivity contribution in [2.75, 3.05) is 198 Å². The summed E-state index contributed by atoms with van der Waals surface area (Å²) in [5, 5.41) is 12.7. The molecule has 4 aliphatic heterocycles. The summed E-state index contributed by atoms with van der Waals surface area (Å²) in [6, 6.07) is 1.72. The van der Waals surface area contributed by atoms with E-state index in [0.717, 1.165) is 77.0 Å². The molecule has 0 aliphatic carbocycles. The molecule has 23 atom stereocenters. The van der Waals surface area contributed by atoms with Gasteiger partial charge in [0.25, 0.3) is 0 Å².